The highest BCUT2D eigenvalue weighted by Crippen LogP contribution is 2.09. The van der Waals surface area contributed by atoms with Crippen LogP contribution in [0.1, 0.15) is 54.9 Å². The minimum absolute atomic E-state index is 0.207. The first kappa shape index (κ1) is 64.4. The smallest absolute Gasteiger partial charge is 0.330 e. The number of carboxylic acid groups (broad SMARTS) is 1. The highest BCUT2D eigenvalue weighted by molar-refractivity contribution is 14.1. The van der Waals surface area contributed by atoms with Gasteiger partial charge in [0.1, 0.15) is 11.2 Å². The minimum Gasteiger partial charge on any atom is -0.478 e. The number of carbonyl (C=O) groups is 3. The van der Waals surface area contributed by atoms with Crippen molar-refractivity contribution in [2.24, 2.45) is 0 Å². The number of hydrogen-bond acceptors (Lipinski definition) is 10. The summed E-state index contributed by atoms with van der Waals surface area (Å²) < 4.78 is 11.1. The van der Waals surface area contributed by atoms with Crippen LogP contribution in [-0.4, -0.2) is 277 Å². The molecule has 0 amide bonds. The number of carboxylic acids is 1. The van der Waals surface area contributed by atoms with E-state index in [0.29, 0.717) is 6.54 Å². The van der Waals surface area contributed by atoms with Crippen LogP contribution in [0.5, 0.6) is 0 Å². The first-order chi connectivity index (χ1) is 29.2. The molecular formula is C33H59B18IN4O7. The Bertz CT molecular complexity index is 1300. The number of aliphatic carboxylic acids is 1. The Kier molecular flexibility index (Phi) is 36.3. The van der Waals surface area contributed by atoms with Crippen molar-refractivity contribution >= 4 is 169 Å². The molecule has 0 aromatic rings. The number of aliphatic hydroxyl groups excluding tert-OH is 1. The van der Waals surface area contributed by atoms with E-state index >= 15 is 0 Å². The van der Waals surface area contributed by atoms with Crippen LogP contribution in [0.4, 0.5) is 0 Å². The van der Waals surface area contributed by atoms with E-state index in [2.05, 4.69) is 49.1 Å². The summed E-state index contributed by atoms with van der Waals surface area (Å²) in [6.07, 6.45) is 4.71. The molecule has 2 rings (SSSR count). The molecule has 2 N–H and O–H groups in total. The van der Waals surface area contributed by atoms with E-state index in [1.807, 2.05) is 47.6 Å². The van der Waals surface area contributed by atoms with Gasteiger partial charge in [-0.15, -0.1) is 0 Å². The van der Waals surface area contributed by atoms with E-state index in [1.165, 1.54) is 25.1 Å². The first-order valence-electron chi connectivity index (χ1n) is 21.5. The van der Waals surface area contributed by atoms with Crippen LogP contribution in [0.25, 0.3) is 0 Å². The Balaban J connectivity index is 0. The van der Waals surface area contributed by atoms with E-state index in [9.17, 15) is 14.4 Å². The number of β-amino-alcohol motifs (C(OH)–C–C–N with tert-alkyl or cyclic N) is 1. The number of aliphatic hydroxyl groups is 1. The lowest BCUT2D eigenvalue weighted by atomic mass is 8.41. The molecule has 0 bridgehead atoms. The summed E-state index contributed by atoms with van der Waals surface area (Å²) in [6.45, 7) is 25.3. The molecule has 0 aromatic heterocycles. The largest absolute Gasteiger partial charge is 0.478 e. The van der Waals surface area contributed by atoms with Crippen LogP contribution in [0.15, 0.2) is 36.5 Å². The summed E-state index contributed by atoms with van der Waals surface area (Å²) in [6, 6.07) is 0. The van der Waals surface area contributed by atoms with Gasteiger partial charge in [-0.05, 0) is 54.5 Å². The Morgan fingerprint density at radius 3 is 1.16 bits per heavy atom. The Hall–Kier alpha value is -0.671. The summed E-state index contributed by atoms with van der Waals surface area (Å²) in [5, 5.41) is 17.2. The molecule has 0 saturated carbocycles. The molecule has 0 aromatic carbocycles. The number of piperazine rings is 2. The summed E-state index contributed by atoms with van der Waals surface area (Å²) in [4.78, 5) is 41.9. The Morgan fingerprint density at radius 1 is 0.556 bits per heavy atom. The van der Waals surface area contributed by atoms with Crippen LogP contribution in [0.3, 0.4) is 0 Å². The van der Waals surface area contributed by atoms with Crippen LogP contribution < -0.4 is 0 Å². The number of alkyl halides is 1. The fourth-order valence-electron chi connectivity index (χ4n) is 6.57. The third-order valence-corrected chi connectivity index (χ3v) is 9.90. The van der Waals surface area contributed by atoms with Gasteiger partial charge in [-0.25, -0.2) is 14.4 Å². The first-order valence-corrected chi connectivity index (χ1v) is 23.0. The van der Waals surface area contributed by atoms with Crippen LogP contribution in [0.2, 0.25) is 0 Å². The fourth-order valence-corrected chi connectivity index (χ4v) is 6.83. The molecule has 314 valence electrons. The maximum Gasteiger partial charge on any atom is 0.330 e. The molecule has 63 heavy (non-hydrogen) atoms. The van der Waals surface area contributed by atoms with E-state index in [1.54, 1.807) is 18.2 Å². The Labute approximate surface area is 412 Å². The second-order valence-corrected chi connectivity index (χ2v) is 18.3. The highest BCUT2D eigenvalue weighted by atomic mass is 127. The molecular weight excluding hydrogens is 886 g/mol. The zero-order valence-electron chi connectivity index (χ0n) is 39.1. The van der Waals surface area contributed by atoms with Gasteiger partial charge < -0.3 is 24.6 Å². The zero-order valence-corrected chi connectivity index (χ0v) is 41.2. The molecule has 2 aliphatic rings. The third-order valence-electron chi connectivity index (χ3n) is 9.40. The van der Waals surface area contributed by atoms with Crippen LogP contribution in [0, 0.1) is 0 Å². The predicted octanol–water partition coefficient (Wildman–Crippen LogP) is -3.39. The van der Waals surface area contributed by atoms with E-state index in [4.69, 9.17) is 97.1 Å². The molecule has 0 unspecified atom stereocenters. The monoisotopic (exact) mass is 949 g/mol. The highest BCUT2D eigenvalue weighted by Gasteiger charge is 2.42. The van der Waals surface area contributed by atoms with Crippen molar-refractivity contribution in [1.82, 2.24) is 19.6 Å². The SMILES string of the molecule is CC(C)(C)OC(=O)/C=C/CI.CCCN1CCN(C/C=C/C(=O)OC(C)(C)C)CC1.O=C(O)/C=C/CN1CCN(CCO)CC1.[B]B([B])B(B([B])[B])B(B([B])[B])B(B([B])[B])B([B])[B]. The van der Waals surface area contributed by atoms with Gasteiger partial charge in [0.25, 0.3) is 0 Å². The third kappa shape index (κ3) is 34.3. The van der Waals surface area contributed by atoms with Crippen molar-refractivity contribution < 1.29 is 34.1 Å². The van der Waals surface area contributed by atoms with Crippen LogP contribution in [-0.2, 0) is 23.9 Å². The summed E-state index contributed by atoms with van der Waals surface area (Å²) in [7, 11) is 56.7. The number of carbonyl (C=O) groups excluding carboxylic acids is 2. The van der Waals surface area contributed by atoms with E-state index < -0.39 is 62.7 Å². The van der Waals surface area contributed by atoms with E-state index in [-0.39, 0.29) is 24.1 Å². The standard InChI is InChI=1S/C15H28N2O2.C10H18N2O3.C8H13IO2.B18/c1-5-8-16-10-12-17(13-11-16)9-6-7-14(18)19-15(2,3)4;13-9-8-12-6-4-11(5-7-12)3-1-2-10(14)15;1-8(2,3)11-7(10)5-4-6-9;1-11(2)16(12(3)4)18(15(9)10)17(13(5)6)14(7)8/h6-7H,5,8-13H2,1-4H3;1-2,13H,3-9H2,(H,14,15);4-5H,6H2,1-3H3;/b7-6+;2-1+;5-4+;. The van der Waals surface area contributed by atoms with Crippen molar-refractivity contribution in [3.05, 3.63) is 36.5 Å². The lowest BCUT2D eigenvalue weighted by Crippen LogP contribution is -2.78. The molecule has 2 fully saturated rings. The number of halogens is 1. The van der Waals surface area contributed by atoms with Crippen molar-refractivity contribution in [3.8, 4) is 0 Å². The van der Waals surface area contributed by atoms with Gasteiger partial charge in [0.2, 0.25) is 0 Å². The maximum absolute atomic E-state index is 11.5. The second-order valence-electron chi connectivity index (χ2n) is 17.4. The average Bonchev–Trinajstić information content (AvgIpc) is 3.14. The lowest BCUT2D eigenvalue weighted by molar-refractivity contribution is -0.149. The molecule has 2 heterocycles. The number of ether oxygens (including phenoxy) is 2. The lowest BCUT2D eigenvalue weighted by Gasteiger charge is -2.40. The van der Waals surface area contributed by atoms with Gasteiger partial charge in [-0.3, -0.25) is 14.7 Å². The Morgan fingerprint density at radius 2 is 0.873 bits per heavy atom. The predicted molar refractivity (Wildman–Crippen MR) is 292 cm³/mol. The van der Waals surface area contributed by atoms with Crippen molar-refractivity contribution in [2.75, 3.05) is 89.6 Å². The van der Waals surface area contributed by atoms with Gasteiger partial charge in [0, 0.05) is 223 Å². The maximum atomic E-state index is 11.5. The molecule has 11 nitrogen and oxygen atoms in total. The number of esters is 2. The van der Waals surface area contributed by atoms with E-state index in [0.717, 1.165) is 69.9 Å². The number of rotatable bonds is 19. The zero-order chi connectivity index (χ0) is 48.9. The van der Waals surface area contributed by atoms with Gasteiger partial charge in [0.15, 0.2) is 0 Å². The summed E-state index contributed by atoms with van der Waals surface area (Å²) in [5.74, 6) is -1.42. The molecule has 30 heteroatoms. The second kappa shape index (κ2) is 35.5. The van der Waals surface area contributed by atoms with Crippen molar-refractivity contribution in [2.45, 2.75) is 66.1 Å². The molecule has 0 spiro atoms. The van der Waals surface area contributed by atoms with Gasteiger partial charge in [0.05, 0.1) is 6.61 Å². The number of hydrogen-bond donors (Lipinski definition) is 2. The molecule has 2 aliphatic heterocycles. The van der Waals surface area contributed by atoms with Gasteiger partial charge in [-0.2, -0.15) is 0 Å². The molecule has 0 atom stereocenters. The van der Waals surface area contributed by atoms with Gasteiger partial charge >= 0.3 is 17.9 Å². The number of nitrogens with zero attached hydrogens (tertiary/aromatic N) is 4. The van der Waals surface area contributed by atoms with Crippen molar-refractivity contribution in [3.63, 3.8) is 0 Å². The fraction of sp³-hybridized carbons (Fsp3) is 0.727. The summed E-state index contributed by atoms with van der Waals surface area (Å²) in [5.41, 5.74) is -0.792. The van der Waals surface area contributed by atoms with Gasteiger partial charge in [-0.1, -0.05) is 47.7 Å². The number of allylic oxidation sites excluding steroid dienone is 1. The normalized spacial score (nSPS) is 15.1. The van der Waals surface area contributed by atoms with Crippen molar-refractivity contribution in [1.29, 1.82) is 0 Å². The quantitative estimate of drug-likeness (QED) is 0.0444. The molecule has 2 saturated heterocycles. The molecule has 20 radical (unpaired) electrons. The summed E-state index contributed by atoms with van der Waals surface area (Å²) >= 11 is 2.16. The van der Waals surface area contributed by atoms with Crippen LogP contribution >= 0.6 is 22.6 Å². The topological polar surface area (TPSA) is 123 Å². The molecule has 0 aliphatic carbocycles. The minimum atomic E-state index is -0.895. The average molecular weight is 945 g/mol.